The predicted octanol–water partition coefficient (Wildman–Crippen LogP) is 3.70. The first-order chi connectivity index (χ1) is 9.97. The molecule has 1 aromatic carbocycles. The van der Waals surface area contributed by atoms with Crippen LogP contribution in [0, 0.1) is 13.8 Å². The summed E-state index contributed by atoms with van der Waals surface area (Å²) >= 11 is 5.84. The molecule has 1 aromatic heterocycles. The topological polar surface area (TPSA) is 62.2 Å². The third kappa shape index (κ3) is 3.95. The summed E-state index contributed by atoms with van der Waals surface area (Å²) in [5.41, 5.74) is 2.88. The molecule has 0 aliphatic rings. The fraction of sp³-hybridized carbons (Fsp3) is 0.250. The van der Waals surface area contributed by atoms with Crippen LogP contribution in [-0.4, -0.2) is 22.6 Å². The second-order valence-electron chi connectivity index (χ2n) is 4.91. The van der Waals surface area contributed by atoms with Crippen molar-refractivity contribution in [3.05, 3.63) is 57.7 Å². The average molecular weight is 305 g/mol. The largest absolute Gasteiger partial charge is 0.478 e. The van der Waals surface area contributed by atoms with Crippen LogP contribution in [0.5, 0.6) is 0 Å². The van der Waals surface area contributed by atoms with E-state index >= 15 is 0 Å². The molecule has 2 N–H and O–H groups in total. The standard InChI is InChI=1S/C16H17ClN2O2/c1-10-9-11(2)19-15(14(10)16(20)21)18-8-7-12-3-5-13(17)6-4-12/h3-6,9H,7-8H2,1-2H3,(H,18,19)(H,20,21). The molecule has 2 aromatic rings. The Hall–Kier alpha value is -2.07. The molecule has 0 saturated heterocycles. The van der Waals surface area contributed by atoms with Crippen LogP contribution in [0.25, 0.3) is 0 Å². The summed E-state index contributed by atoms with van der Waals surface area (Å²) in [5.74, 6) is -0.539. The summed E-state index contributed by atoms with van der Waals surface area (Å²) in [4.78, 5) is 15.6. The van der Waals surface area contributed by atoms with E-state index in [1.165, 1.54) is 0 Å². The van der Waals surface area contributed by atoms with Gasteiger partial charge in [-0.05, 0) is 49.6 Å². The molecule has 0 fully saturated rings. The second kappa shape index (κ2) is 6.59. The minimum Gasteiger partial charge on any atom is -0.478 e. The van der Waals surface area contributed by atoms with Gasteiger partial charge < -0.3 is 10.4 Å². The maximum atomic E-state index is 11.3. The Morgan fingerprint density at radius 3 is 2.57 bits per heavy atom. The number of nitrogens with zero attached hydrogens (tertiary/aromatic N) is 1. The Morgan fingerprint density at radius 1 is 1.29 bits per heavy atom. The van der Waals surface area contributed by atoms with Crippen LogP contribution in [0.15, 0.2) is 30.3 Å². The van der Waals surface area contributed by atoms with Gasteiger partial charge in [-0.3, -0.25) is 0 Å². The van der Waals surface area contributed by atoms with Gasteiger partial charge in [0, 0.05) is 17.3 Å². The second-order valence-corrected chi connectivity index (χ2v) is 5.35. The van der Waals surface area contributed by atoms with Gasteiger partial charge in [0.15, 0.2) is 0 Å². The summed E-state index contributed by atoms with van der Waals surface area (Å²) < 4.78 is 0. The lowest BCUT2D eigenvalue weighted by Crippen LogP contribution is -2.13. The molecule has 110 valence electrons. The lowest BCUT2D eigenvalue weighted by Gasteiger charge is -2.12. The zero-order valence-electron chi connectivity index (χ0n) is 12.0. The minimum atomic E-state index is -0.964. The molecule has 0 spiro atoms. The maximum Gasteiger partial charge on any atom is 0.339 e. The maximum absolute atomic E-state index is 11.3. The van der Waals surface area contributed by atoms with E-state index in [-0.39, 0.29) is 5.56 Å². The number of benzene rings is 1. The SMILES string of the molecule is Cc1cc(C)c(C(=O)O)c(NCCc2ccc(Cl)cc2)n1. The highest BCUT2D eigenvalue weighted by Crippen LogP contribution is 2.19. The smallest absolute Gasteiger partial charge is 0.339 e. The number of carboxylic acid groups (broad SMARTS) is 1. The van der Waals surface area contributed by atoms with Crippen molar-refractivity contribution < 1.29 is 9.90 Å². The highest BCUT2D eigenvalue weighted by atomic mass is 35.5. The van der Waals surface area contributed by atoms with Gasteiger partial charge in [0.25, 0.3) is 0 Å². The molecule has 0 bridgehead atoms. The van der Waals surface area contributed by atoms with E-state index in [1.54, 1.807) is 13.0 Å². The number of aromatic nitrogens is 1. The number of pyridine rings is 1. The van der Waals surface area contributed by atoms with E-state index in [0.29, 0.717) is 22.9 Å². The van der Waals surface area contributed by atoms with Gasteiger partial charge in [-0.25, -0.2) is 9.78 Å². The molecular formula is C16H17ClN2O2. The predicted molar refractivity (Wildman–Crippen MR) is 84.3 cm³/mol. The van der Waals surface area contributed by atoms with Crippen molar-refractivity contribution in [3.8, 4) is 0 Å². The normalized spacial score (nSPS) is 10.4. The molecule has 0 aliphatic carbocycles. The number of hydrogen-bond donors (Lipinski definition) is 2. The summed E-state index contributed by atoms with van der Waals surface area (Å²) in [7, 11) is 0. The van der Waals surface area contributed by atoms with Crippen molar-refractivity contribution in [1.29, 1.82) is 0 Å². The van der Waals surface area contributed by atoms with Gasteiger partial charge in [0.05, 0.1) is 0 Å². The Bertz CT molecular complexity index is 654. The van der Waals surface area contributed by atoms with Gasteiger partial charge >= 0.3 is 5.97 Å². The summed E-state index contributed by atoms with van der Waals surface area (Å²) in [6.07, 6.45) is 0.769. The first kappa shape index (κ1) is 15.3. The van der Waals surface area contributed by atoms with Crippen molar-refractivity contribution in [2.45, 2.75) is 20.3 Å². The molecule has 0 unspecified atom stereocenters. The fourth-order valence-corrected chi connectivity index (χ4v) is 2.34. The van der Waals surface area contributed by atoms with E-state index in [1.807, 2.05) is 31.2 Å². The Labute approximate surface area is 128 Å². The molecule has 0 radical (unpaired) electrons. The molecular weight excluding hydrogens is 288 g/mol. The Morgan fingerprint density at radius 2 is 1.95 bits per heavy atom. The molecule has 1 heterocycles. The van der Waals surface area contributed by atoms with Gasteiger partial charge in [0.2, 0.25) is 0 Å². The molecule has 0 amide bonds. The number of aromatic carboxylic acids is 1. The summed E-state index contributed by atoms with van der Waals surface area (Å²) in [6.45, 7) is 4.24. The number of anilines is 1. The minimum absolute atomic E-state index is 0.233. The molecule has 21 heavy (non-hydrogen) atoms. The number of nitrogens with one attached hydrogen (secondary N) is 1. The van der Waals surface area contributed by atoms with Crippen molar-refractivity contribution in [1.82, 2.24) is 4.98 Å². The van der Waals surface area contributed by atoms with Crippen LogP contribution in [0.3, 0.4) is 0 Å². The molecule has 5 heteroatoms. The highest BCUT2D eigenvalue weighted by molar-refractivity contribution is 6.30. The number of carboxylic acids is 1. The van der Waals surface area contributed by atoms with E-state index in [2.05, 4.69) is 10.3 Å². The molecule has 0 aliphatic heterocycles. The van der Waals surface area contributed by atoms with Crippen LogP contribution >= 0.6 is 11.6 Å². The van der Waals surface area contributed by atoms with Gasteiger partial charge in [0.1, 0.15) is 11.4 Å². The fourth-order valence-electron chi connectivity index (χ4n) is 2.21. The number of aryl methyl sites for hydroxylation is 2. The van der Waals surface area contributed by atoms with Crippen LogP contribution in [-0.2, 0) is 6.42 Å². The third-order valence-corrected chi connectivity index (χ3v) is 3.43. The van der Waals surface area contributed by atoms with E-state index in [9.17, 15) is 9.90 Å². The van der Waals surface area contributed by atoms with Gasteiger partial charge in [-0.2, -0.15) is 0 Å². The monoisotopic (exact) mass is 304 g/mol. The highest BCUT2D eigenvalue weighted by Gasteiger charge is 2.15. The number of rotatable bonds is 5. The molecule has 4 nitrogen and oxygen atoms in total. The molecule has 0 saturated carbocycles. The summed E-state index contributed by atoms with van der Waals surface area (Å²) in [6, 6.07) is 9.37. The zero-order valence-corrected chi connectivity index (χ0v) is 12.7. The van der Waals surface area contributed by atoms with Gasteiger partial charge in [-0.15, -0.1) is 0 Å². The van der Waals surface area contributed by atoms with Crippen LogP contribution < -0.4 is 5.32 Å². The van der Waals surface area contributed by atoms with Crippen LogP contribution in [0.2, 0.25) is 5.02 Å². The van der Waals surface area contributed by atoms with Crippen molar-refractivity contribution in [2.75, 3.05) is 11.9 Å². The first-order valence-electron chi connectivity index (χ1n) is 6.67. The lowest BCUT2D eigenvalue weighted by atomic mass is 10.1. The van der Waals surface area contributed by atoms with E-state index in [4.69, 9.17) is 11.6 Å². The number of halogens is 1. The Kier molecular flexibility index (Phi) is 4.81. The van der Waals surface area contributed by atoms with E-state index in [0.717, 1.165) is 17.7 Å². The first-order valence-corrected chi connectivity index (χ1v) is 7.05. The zero-order chi connectivity index (χ0) is 15.4. The lowest BCUT2D eigenvalue weighted by molar-refractivity contribution is 0.0697. The third-order valence-electron chi connectivity index (χ3n) is 3.18. The quantitative estimate of drug-likeness (QED) is 0.884. The van der Waals surface area contributed by atoms with Crippen molar-refractivity contribution >= 4 is 23.4 Å². The number of carbonyl (C=O) groups is 1. The van der Waals surface area contributed by atoms with Crippen LogP contribution in [0.1, 0.15) is 27.2 Å². The average Bonchev–Trinajstić information content (AvgIpc) is 2.39. The Balaban J connectivity index is 2.09. The molecule has 2 rings (SSSR count). The summed E-state index contributed by atoms with van der Waals surface area (Å²) in [5, 5.41) is 13.1. The van der Waals surface area contributed by atoms with Crippen molar-refractivity contribution in [3.63, 3.8) is 0 Å². The van der Waals surface area contributed by atoms with E-state index < -0.39 is 5.97 Å². The number of hydrogen-bond acceptors (Lipinski definition) is 3. The van der Waals surface area contributed by atoms with Gasteiger partial charge in [-0.1, -0.05) is 23.7 Å². The van der Waals surface area contributed by atoms with Crippen molar-refractivity contribution in [2.24, 2.45) is 0 Å². The van der Waals surface area contributed by atoms with Crippen LogP contribution in [0.4, 0.5) is 5.82 Å². The molecule has 0 atom stereocenters.